The van der Waals surface area contributed by atoms with E-state index in [4.69, 9.17) is 5.26 Å². The number of carbonyl (C=O) groups is 2. The molecule has 3 rings (SSSR count). The predicted octanol–water partition coefficient (Wildman–Crippen LogP) is 3.97. The number of aliphatic carboxylic acids is 1. The Morgan fingerprint density at radius 3 is 2.40 bits per heavy atom. The number of hydrogen-bond donors (Lipinski definition) is 2. The summed E-state index contributed by atoms with van der Waals surface area (Å²) in [5.41, 5.74) is 3.71. The molecule has 1 atom stereocenters. The Bertz CT molecular complexity index is 1080. The van der Waals surface area contributed by atoms with E-state index in [0.29, 0.717) is 11.1 Å². The van der Waals surface area contributed by atoms with Gasteiger partial charge in [0.25, 0.3) is 0 Å². The Kier molecular flexibility index (Phi) is 6.70. The lowest BCUT2D eigenvalue weighted by atomic mass is 10.0. The average molecular weight is 397 g/mol. The number of carbonyl (C=O) groups excluding carboxylic acids is 1. The summed E-state index contributed by atoms with van der Waals surface area (Å²) in [5, 5.41) is 20.8. The molecular formula is C24H19N3O3. The summed E-state index contributed by atoms with van der Waals surface area (Å²) in [4.78, 5) is 27.9. The number of carboxylic acid groups (broad SMARTS) is 1. The summed E-state index contributed by atoms with van der Waals surface area (Å²) in [5.74, 6) is -1.41. The van der Waals surface area contributed by atoms with Crippen LogP contribution in [-0.4, -0.2) is 22.0 Å². The number of nitrogens with zero attached hydrogens (tertiary/aromatic N) is 2. The van der Waals surface area contributed by atoms with Crippen molar-refractivity contribution in [3.8, 4) is 17.3 Å². The molecule has 1 heterocycles. The molecule has 2 aromatic carbocycles. The fourth-order valence-electron chi connectivity index (χ4n) is 2.91. The summed E-state index contributed by atoms with van der Waals surface area (Å²) >= 11 is 0. The Labute approximate surface area is 174 Å². The summed E-state index contributed by atoms with van der Waals surface area (Å²) in [7, 11) is 0. The van der Waals surface area contributed by atoms with E-state index in [2.05, 4.69) is 10.3 Å². The second-order valence-corrected chi connectivity index (χ2v) is 6.56. The molecule has 0 saturated heterocycles. The molecule has 6 nitrogen and oxygen atoms in total. The Morgan fingerprint density at radius 2 is 1.80 bits per heavy atom. The number of amides is 1. The summed E-state index contributed by atoms with van der Waals surface area (Å²) < 4.78 is 0. The van der Waals surface area contributed by atoms with Crippen molar-refractivity contribution in [3.63, 3.8) is 0 Å². The fourth-order valence-corrected chi connectivity index (χ4v) is 2.91. The van der Waals surface area contributed by atoms with Gasteiger partial charge in [-0.25, -0.2) is 0 Å². The van der Waals surface area contributed by atoms with Crippen molar-refractivity contribution in [1.82, 2.24) is 10.3 Å². The first-order valence-corrected chi connectivity index (χ1v) is 9.27. The van der Waals surface area contributed by atoms with Gasteiger partial charge in [0, 0.05) is 17.8 Å². The highest BCUT2D eigenvalue weighted by atomic mass is 16.4. The van der Waals surface area contributed by atoms with E-state index < -0.39 is 17.9 Å². The molecule has 0 aliphatic heterocycles. The smallest absolute Gasteiger partial charge is 0.305 e. The molecule has 1 aromatic heterocycles. The molecule has 0 aliphatic carbocycles. The second kappa shape index (κ2) is 9.80. The number of aromatic nitrogens is 1. The lowest BCUT2D eigenvalue weighted by Gasteiger charge is -2.17. The van der Waals surface area contributed by atoms with Crippen LogP contribution in [0.1, 0.15) is 29.2 Å². The van der Waals surface area contributed by atoms with Crippen LogP contribution >= 0.6 is 0 Å². The molecule has 0 spiro atoms. The van der Waals surface area contributed by atoms with Gasteiger partial charge >= 0.3 is 5.97 Å². The molecule has 0 fully saturated rings. The Balaban J connectivity index is 1.72. The van der Waals surface area contributed by atoms with E-state index in [1.54, 1.807) is 48.7 Å². The van der Waals surface area contributed by atoms with Crippen molar-refractivity contribution >= 4 is 18.0 Å². The molecule has 3 aromatic rings. The van der Waals surface area contributed by atoms with Gasteiger partial charge in [-0.1, -0.05) is 42.5 Å². The number of carboxylic acids is 1. The van der Waals surface area contributed by atoms with Crippen LogP contribution in [0.5, 0.6) is 0 Å². The van der Waals surface area contributed by atoms with E-state index >= 15 is 0 Å². The molecule has 148 valence electrons. The van der Waals surface area contributed by atoms with Crippen LogP contribution in [0.2, 0.25) is 0 Å². The van der Waals surface area contributed by atoms with Crippen LogP contribution in [-0.2, 0) is 9.59 Å². The Morgan fingerprint density at radius 1 is 1.07 bits per heavy atom. The lowest BCUT2D eigenvalue weighted by Crippen LogP contribution is -2.28. The first-order valence-electron chi connectivity index (χ1n) is 9.27. The zero-order chi connectivity index (χ0) is 21.3. The van der Waals surface area contributed by atoms with Crippen molar-refractivity contribution in [2.45, 2.75) is 12.5 Å². The maximum atomic E-state index is 12.3. The molecular weight excluding hydrogens is 378 g/mol. The minimum atomic E-state index is -1.01. The zero-order valence-electron chi connectivity index (χ0n) is 16.0. The molecule has 1 amide bonds. The van der Waals surface area contributed by atoms with Gasteiger partial charge < -0.3 is 10.4 Å². The molecule has 0 bridgehead atoms. The quantitative estimate of drug-likeness (QED) is 0.587. The van der Waals surface area contributed by atoms with E-state index in [-0.39, 0.29) is 6.42 Å². The summed E-state index contributed by atoms with van der Waals surface area (Å²) in [6.07, 6.45) is 4.42. The highest BCUT2D eigenvalue weighted by Crippen LogP contribution is 2.22. The maximum absolute atomic E-state index is 12.3. The zero-order valence-corrected chi connectivity index (χ0v) is 16.0. The highest BCUT2D eigenvalue weighted by molar-refractivity contribution is 5.92. The van der Waals surface area contributed by atoms with Crippen LogP contribution in [0.15, 0.2) is 79.0 Å². The van der Waals surface area contributed by atoms with E-state index in [1.165, 1.54) is 6.08 Å². The largest absolute Gasteiger partial charge is 0.481 e. The molecule has 0 saturated carbocycles. The number of hydrogen-bond acceptors (Lipinski definition) is 4. The normalized spacial score (nSPS) is 11.6. The van der Waals surface area contributed by atoms with Crippen LogP contribution in [0.4, 0.5) is 0 Å². The number of benzene rings is 2. The fraction of sp³-hybridized carbons (Fsp3) is 0.0833. The number of nitriles is 1. The van der Waals surface area contributed by atoms with Gasteiger partial charge in [-0.15, -0.1) is 0 Å². The van der Waals surface area contributed by atoms with Gasteiger partial charge in [-0.3, -0.25) is 14.6 Å². The van der Waals surface area contributed by atoms with Gasteiger partial charge in [0.05, 0.1) is 29.8 Å². The minimum Gasteiger partial charge on any atom is -0.481 e. The van der Waals surface area contributed by atoms with Crippen LogP contribution in [0, 0.1) is 11.3 Å². The van der Waals surface area contributed by atoms with Gasteiger partial charge in [0.2, 0.25) is 5.91 Å². The van der Waals surface area contributed by atoms with Crippen molar-refractivity contribution in [2.24, 2.45) is 0 Å². The second-order valence-electron chi connectivity index (χ2n) is 6.56. The van der Waals surface area contributed by atoms with E-state index in [9.17, 15) is 14.7 Å². The molecule has 30 heavy (non-hydrogen) atoms. The van der Waals surface area contributed by atoms with Gasteiger partial charge in [-0.05, 0) is 41.5 Å². The molecule has 1 unspecified atom stereocenters. The third-order valence-corrected chi connectivity index (χ3v) is 4.44. The lowest BCUT2D eigenvalue weighted by molar-refractivity contribution is -0.137. The highest BCUT2D eigenvalue weighted by Gasteiger charge is 2.17. The van der Waals surface area contributed by atoms with E-state index in [0.717, 1.165) is 16.8 Å². The first-order chi connectivity index (χ1) is 14.5. The van der Waals surface area contributed by atoms with Gasteiger partial charge in [0.15, 0.2) is 0 Å². The standard InChI is InChI=1S/C24H19N3O3/c25-16-18-6-4-17(5-7-18)8-13-23(28)27-22(15-24(29)30)20-11-9-19(10-12-20)21-3-1-2-14-26-21/h1-14,22H,15H2,(H,27,28)(H,29,30). The molecule has 0 aliphatic rings. The molecule has 0 radical (unpaired) electrons. The summed E-state index contributed by atoms with van der Waals surface area (Å²) in [6.45, 7) is 0. The third-order valence-electron chi connectivity index (χ3n) is 4.44. The SMILES string of the molecule is N#Cc1ccc(C=CC(=O)NC(CC(=O)O)c2ccc(-c3ccccn3)cc2)cc1. The predicted molar refractivity (Wildman–Crippen MR) is 113 cm³/mol. The maximum Gasteiger partial charge on any atom is 0.305 e. The Hall–Kier alpha value is -4.24. The van der Waals surface area contributed by atoms with Crippen molar-refractivity contribution in [2.75, 3.05) is 0 Å². The number of rotatable bonds is 7. The molecule has 2 N–H and O–H groups in total. The van der Waals surface area contributed by atoms with Crippen molar-refractivity contribution < 1.29 is 14.7 Å². The van der Waals surface area contributed by atoms with E-state index in [1.807, 2.05) is 36.4 Å². The topological polar surface area (TPSA) is 103 Å². The average Bonchev–Trinajstić information content (AvgIpc) is 2.78. The molecule has 6 heteroatoms. The minimum absolute atomic E-state index is 0.237. The number of pyridine rings is 1. The number of nitrogens with one attached hydrogen (secondary N) is 1. The summed E-state index contributed by atoms with van der Waals surface area (Å²) in [6, 6.07) is 21.1. The van der Waals surface area contributed by atoms with Gasteiger partial charge in [0.1, 0.15) is 0 Å². The van der Waals surface area contributed by atoms with Gasteiger partial charge in [-0.2, -0.15) is 5.26 Å². The van der Waals surface area contributed by atoms with Crippen molar-refractivity contribution in [3.05, 3.63) is 95.7 Å². The van der Waals surface area contributed by atoms with Crippen molar-refractivity contribution in [1.29, 1.82) is 5.26 Å². The van der Waals surface area contributed by atoms with Crippen LogP contribution in [0.25, 0.3) is 17.3 Å². The van der Waals surface area contributed by atoms with Crippen LogP contribution < -0.4 is 5.32 Å². The monoisotopic (exact) mass is 397 g/mol. The first kappa shape index (κ1) is 20.5. The van der Waals surface area contributed by atoms with Crippen LogP contribution in [0.3, 0.4) is 0 Å². The third kappa shape index (κ3) is 5.63.